The van der Waals surface area contributed by atoms with Gasteiger partial charge in [-0.05, 0) is 36.6 Å². The smallest absolute Gasteiger partial charge is 0.257 e. The van der Waals surface area contributed by atoms with Crippen molar-refractivity contribution in [2.45, 2.75) is 4.90 Å². The number of benzene rings is 2. The van der Waals surface area contributed by atoms with Crippen molar-refractivity contribution in [2.24, 2.45) is 0 Å². The molecular formula is C16H14N2OS. The van der Waals surface area contributed by atoms with Crippen LogP contribution in [0.15, 0.2) is 59.6 Å². The number of amides is 1. The predicted molar refractivity (Wildman–Crippen MR) is 84.9 cm³/mol. The maximum absolute atomic E-state index is 11.9. The Kier molecular flexibility index (Phi) is 3.48. The lowest BCUT2D eigenvalue weighted by atomic mass is 10.1. The zero-order chi connectivity index (χ0) is 13.9. The van der Waals surface area contributed by atoms with Crippen molar-refractivity contribution in [3.8, 4) is 0 Å². The summed E-state index contributed by atoms with van der Waals surface area (Å²) in [6.07, 6.45) is 3.81. The maximum atomic E-state index is 11.9. The first-order valence-electron chi connectivity index (χ1n) is 6.29. The molecule has 3 rings (SSSR count). The van der Waals surface area contributed by atoms with Crippen molar-refractivity contribution in [3.05, 3.63) is 60.3 Å². The molecule has 0 bridgehead atoms. The van der Waals surface area contributed by atoms with Gasteiger partial charge in [0.1, 0.15) is 0 Å². The summed E-state index contributed by atoms with van der Waals surface area (Å²) in [6.45, 7) is 0. The van der Waals surface area contributed by atoms with Crippen molar-refractivity contribution in [1.82, 2.24) is 0 Å². The molecule has 0 atom stereocenters. The molecule has 3 nitrogen and oxygen atoms in total. The minimum absolute atomic E-state index is 0.0700. The van der Waals surface area contributed by atoms with Gasteiger partial charge in [0.05, 0.1) is 5.57 Å². The topological polar surface area (TPSA) is 41.1 Å². The molecule has 1 aliphatic rings. The molecule has 4 heteroatoms. The van der Waals surface area contributed by atoms with E-state index in [1.807, 2.05) is 54.8 Å². The lowest BCUT2D eigenvalue weighted by Gasteiger charge is -2.03. The van der Waals surface area contributed by atoms with Crippen LogP contribution in [-0.4, -0.2) is 12.2 Å². The Labute approximate surface area is 122 Å². The van der Waals surface area contributed by atoms with Gasteiger partial charge in [0.25, 0.3) is 5.91 Å². The molecule has 1 amide bonds. The lowest BCUT2D eigenvalue weighted by molar-refractivity contribution is -0.110. The number of hydrogen-bond donors (Lipinski definition) is 2. The van der Waals surface area contributed by atoms with Gasteiger partial charge in [0.15, 0.2) is 0 Å². The first kappa shape index (κ1) is 12.8. The SMILES string of the molecule is CSc1ccc(N/C=C2/C(=O)Nc3ccccc32)cc1. The number of thioether (sulfide) groups is 1. The molecule has 0 saturated heterocycles. The van der Waals surface area contributed by atoms with E-state index in [0.717, 1.165) is 16.9 Å². The summed E-state index contributed by atoms with van der Waals surface area (Å²) in [6, 6.07) is 15.8. The summed E-state index contributed by atoms with van der Waals surface area (Å²) in [5.41, 5.74) is 3.43. The Hall–Kier alpha value is -2.20. The summed E-state index contributed by atoms with van der Waals surface area (Å²) in [5, 5.41) is 6.03. The third kappa shape index (κ3) is 2.42. The van der Waals surface area contributed by atoms with Gasteiger partial charge in [0, 0.05) is 28.0 Å². The fraction of sp³-hybridized carbons (Fsp3) is 0.0625. The van der Waals surface area contributed by atoms with Crippen molar-refractivity contribution in [1.29, 1.82) is 0 Å². The van der Waals surface area contributed by atoms with Crippen LogP contribution in [0.25, 0.3) is 5.57 Å². The molecule has 0 spiro atoms. The van der Waals surface area contributed by atoms with Crippen LogP contribution in [0.2, 0.25) is 0 Å². The van der Waals surface area contributed by atoms with Gasteiger partial charge in [-0.15, -0.1) is 11.8 Å². The van der Waals surface area contributed by atoms with Crippen molar-refractivity contribution < 1.29 is 4.79 Å². The number of carbonyl (C=O) groups is 1. The molecule has 20 heavy (non-hydrogen) atoms. The molecule has 2 aromatic carbocycles. The van der Waals surface area contributed by atoms with E-state index in [9.17, 15) is 4.79 Å². The predicted octanol–water partition coefficient (Wildman–Crippen LogP) is 3.81. The highest BCUT2D eigenvalue weighted by atomic mass is 32.2. The van der Waals surface area contributed by atoms with Gasteiger partial charge in [-0.3, -0.25) is 4.79 Å². The van der Waals surface area contributed by atoms with Crippen LogP contribution < -0.4 is 10.6 Å². The number of carbonyl (C=O) groups excluding carboxylic acids is 1. The normalized spacial score (nSPS) is 15.1. The van der Waals surface area contributed by atoms with Gasteiger partial charge < -0.3 is 10.6 Å². The number of anilines is 2. The minimum Gasteiger partial charge on any atom is -0.361 e. The molecule has 0 aromatic heterocycles. The Bertz CT molecular complexity index is 677. The second kappa shape index (κ2) is 5.43. The number of rotatable bonds is 3. The average Bonchev–Trinajstić information content (AvgIpc) is 2.81. The molecule has 100 valence electrons. The first-order valence-corrected chi connectivity index (χ1v) is 7.52. The first-order chi connectivity index (χ1) is 9.78. The van der Waals surface area contributed by atoms with Gasteiger partial charge in [-0.2, -0.15) is 0 Å². The van der Waals surface area contributed by atoms with Crippen LogP contribution in [0.3, 0.4) is 0 Å². The quantitative estimate of drug-likeness (QED) is 0.664. The van der Waals surface area contributed by atoms with Crippen LogP contribution in [0.4, 0.5) is 11.4 Å². The Balaban J connectivity index is 1.83. The van der Waals surface area contributed by atoms with Crippen molar-refractivity contribution >= 4 is 34.6 Å². The van der Waals surface area contributed by atoms with E-state index < -0.39 is 0 Å². The molecule has 0 saturated carbocycles. The van der Waals surface area contributed by atoms with Crippen LogP contribution in [0.5, 0.6) is 0 Å². The largest absolute Gasteiger partial charge is 0.361 e. The fourth-order valence-electron chi connectivity index (χ4n) is 2.12. The van der Waals surface area contributed by atoms with Gasteiger partial charge in [0.2, 0.25) is 0 Å². The Morgan fingerprint density at radius 2 is 1.85 bits per heavy atom. The summed E-state index contributed by atoms with van der Waals surface area (Å²) in [4.78, 5) is 13.1. The third-order valence-electron chi connectivity index (χ3n) is 3.18. The summed E-state index contributed by atoms with van der Waals surface area (Å²) >= 11 is 1.70. The molecular weight excluding hydrogens is 268 g/mol. The van der Waals surface area contributed by atoms with Crippen molar-refractivity contribution in [3.63, 3.8) is 0 Å². The zero-order valence-corrected chi connectivity index (χ0v) is 11.8. The highest BCUT2D eigenvalue weighted by Gasteiger charge is 2.23. The summed E-state index contributed by atoms with van der Waals surface area (Å²) < 4.78 is 0. The number of para-hydroxylation sites is 1. The standard InChI is InChI=1S/C16H14N2OS/c1-20-12-8-6-11(7-9-12)17-10-14-13-4-2-3-5-15(13)18-16(14)19/h2-10,17H,1H3,(H,18,19)/b14-10+. The molecule has 0 radical (unpaired) electrons. The highest BCUT2D eigenvalue weighted by molar-refractivity contribution is 7.98. The van der Waals surface area contributed by atoms with Crippen LogP contribution in [0, 0.1) is 0 Å². The van der Waals surface area contributed by atoms with Gasteiger partial charge >= 0.3 is 0 Å². The zero-order valence-electron chi connectivity index (χ0n) is 11.0. The number of fused-ring (bicyclic) bond motifs is 1. The van der Waals surface area contributed by atoms with Crippen LogP contribution in [-0.2, 0) is 4.79 Å². The Morgan fingerprint density at radius 1 is 1.10 bits per heavy atom. The number of hydrogen-bond acceptors (Lipinski definition) is 3. The fourth-order valence-corrected chi connectivity index (χ4v) is 2.53. The number of nitrogens with one attached hydrogen (secondary N) is 2. The second-order valence-electron chi connectivity index (χ2n) is 4.43. The average molecular weight is 282 g/mol. The lowest BCUT2D eigenvalue weighted by Crippen LogP contribution is -2.05. The molecule has 0 aliphatic carbocycles. The van der Waals surface area contributed by atoms with E-state index in [1.165, 1.54) is 4.90 Å². The molecule has 0 fully saturated rings. The molecule has 2 aromatic rings. The van der Waals surface area contributed by atoms with Crippen LogP contribution >= 0.6 is 11.8 Å². The summed E-state index contributed by atoms with van der Waals surface area (Å²) in [7, 11) is 0. The molecule has 2 N–H and O–H groups in total. The Morgan fingerprint density at radius 3 is 2.60 bits per heavy atom. The van der Waals surface area contributed by atoms with E-state index in [-0.39, 0.29) is 5.91 Å². The minimum atomic E-state index is -0.0700. The van der Waals surface area contributed by atoms with Crippen LogP contribution in [0.1, 0.15) is 5.56 Å². The van der Waals surface area contributed by atoms with Gasteiger partial charge in [-0.25, -0.2) is 0 Å². The van der Waals surface area contributed by atoms with E-state index >= 15 is 0 Å². The highest BCUT2D eigenvalue weighted by Crippen LogP contribution is 2.31. The third-order valence-corrected chi connectivity index (χ3v) is 3.93. The second-order valence-corrected chi connectivity index (χ2v) is 5.31. The molecule has 1 aliphatic heterocycles. The van der Waals surface area contributed by atoms with Crippen molar-refractivity contribution in [2.75, 3.05) is 16.9 Å². The van der Waals surface area contributed by atoms with E-state index in [4.69, 9.17) is 0 Å². The summed E-state index contributed by atoms with van der Waals surface area (Å²) in [5.74, 6) is -0.0700. The van der Waals surface area contributed by atoms with E-state index in [0.29, 0.717) is 5.57 Å². The monoisotopic (exact) mass is 282 g/mol. The molecule has 0 unspecified atom stereocenters. The maximum Gasteiger partial charge on any atom is 0.257 e. The van der Waals surface area contributed by atoms with Gasteiger partial charge in [-0.1, -0.05) is 18.2 Å². The molecule has 1 heterocycles. The van der Waals surface area contributed by atoms with E-state index in [1.54, 1.807) is 18.0 Å². The van der Waals surface area contributed by atoms with E-state index in [2.05, 4.69) is 10.6 Å².